The summed E-state index contributed by atoms with van der Waals surface area (Å²) in [7, 11) is 3.26. The molecule has 10 nitrogen and oxygen atoms in total. The number of fused-ring (bicyclic) bond motifs is 1. The molecule has 4 aromatic rings. The van der Waals surface area contributed by atoms with Gasteiger partial charge in [0.05, 0.1) is 20.3 Å². The lowest BCUT2D eigenvalue weighted by Gasteiger charge is -2.39. The fourth-order valence-electron chi connectivity index (χ4n) is 4.69. The van der Waals surface area contributed by atoms with E-state index in [0.29, 0.717) is 42.7 Å². The van der Waals surface area contributed by atoms with E-state index in [4.69, 9.17) is 21.1 Å². The molecular formula is C25H28ClN7O3. The first-order valence-corrected chi connectivity index (χ1v) is 12.2. The molecule has 1 N–H and O–H groups in total. The van der Waals surface area contributed by atoms with Gasteiger partial charge in [0.1, 0.15) is 11.8 Å². The number of hydrogen-bond donors (Lipinski definition) is 1. The number of benzene rings is 2. The molecule has 0 spiro atoms. The number of ether oxygens (including phenoxy) is 2. The normalized spacial score (nSPS) is 15.4. The molecule has 1 fully saturated rings. The summed E-state index contributed by atoms with van der Waals surface area (Å²) in [6.45, 7) is 3.91. The Morgan fingerprint density at radius 3 is 2.67 bits per heavy atom. The highest BCUT2D eigenvalue weighted by Gasteiger charge is 2.32. The van der Waals surface area contributed by atoms with E-state index in [9.17, 15) is 4.79 Å². The molecule has 2 aromatic carbocycles. The Hall–Kier alpha value is -3.47. The van der Waals surface area contributed by atoms with Crippen molar-refractivity contribution in [2.24, 2.45) is 0 Å². The summed E-state index contributed by atoms with van der Waals surface area (Å²) in [5.41, 5.74) is 2.24. The predicted molar refractivity (Wildman–Crippen MR) is 138 cm³/mol. The second kappa shape index (κ2) is 10.7. The molecule has 0 saturated carbocycles. The van der Waals surface area contributed by atoms with Gasteiger partial charge in [0.15, 0.2) is 5.82 Å². The quantitative estimate of drug-likeness (QED) is 0.387. The maximum atomic E-state index is 13.4. The Kier molecular flexibility index (Phi) is 7.17. The lowest BCUT2D eigenvalue weighted by molar-refractivity contribution is 0.171. The van der Waals surface area contributed by atoms with Crippen LogP contribution in [0.4, 0.5) is 5.69 Å². The number of halogens is 1. The van der Waals surface area contributed by atoms with E-state index in [1.807, 2.05) is 42.5 Å². The third-order valence-corrected chi connectivity index (χ3v) is 6.77. The molecule has 0 amide bonds. The van der Waals surface area contributed by atoms with Crippen LogP contribution in [0.15, 0.2) is 53.3 Å². The first kappa shape index (κ1) is 24.2. The zero-order valence-corrected chi connectivity index (χ0v) is 21.0. The molecule has 188 valence electrons. The molecular weight excluding hydrogens is 482 g/mol. The van der Waals surface area contributed by atoms with Gasteiger partial charge in [0.25, 0.3) is 5.56 Å². The minimum absolute atomic E-state index is 0.170. The number of aromatic nitrogens is 5. The molecule has 5 rings (SSSR count). The number of nitrogens with one attached hydrogen (secondary N) is 1. The van der Waals surface area contributed by atoms with Gasteiger partial charge in [-0.2, -0.15) is 0 Å². The Balaban J connectivity index is 1.52. The van der Waals surface area contributed by atoms with Crippen LogP contribution >= 0.6 is 11.6 Å². The number of anilines is 1. The second-order valence-corrected chi connectivity index (χ2v) is 9.10. The Morgan fingerprint density at radius 2 is 1.92 bits per heavy atom. The molecule has 1 saturated heterocycles. The summed E-state index contributed by atoms with van der Waals surface area (Å²) in [5, 5.41) is 14.1. The Labute approximate surface area is 213 Å². The lowest BCUT2D eigenvalue weighted by Crippen LogP contribution is -2.49. The molecule has 0 unspecified atom stereocenters. The van der Waals surface area contributed by atoms with Gasteiger partial charge in [-0.3, -0.25) is 9.69 Å². The second-order valence-electron chi connectivity index (χ2n) is 8.67. The van der Waals surface area contributed by atoms with Crippen LogP contribution in [0, 0.1) is 0 Å². The topological polar surface area (TPSA) is 101 Å². The molecule has 1 atom stereocenters. The number of tetrazole rings is 1. The van der Waals surface area contributed by atoms with Gasteiger partial charge in [-0.1, -0.05) is 17.7 Å². The fourth-order valence-corrected chi connectivity index (χ4v) is 4.87. The first-order valence-electron chi connectivity index (χ1n) is 11.8. The first-order chi connectivity index (χ1) is 17.6. The number of pyridine rings is 1. The predicted octanol–water partition coefficient (Wildman–Crippen LogP) is 2.73. The summed E-state index contributed by atoms with van der Waals surface area (Å²) in [6, 6.07) is 14.9. The number of aromatic amines is 1. The van der Waals surface area contributed by atoms with Gasteiger partial charge in [0.2, 0.25) is 0 Å². The van der Waals surface area contributed by atoms with E-state index in [-0.39, 0.29) is 5.56 Å². The summed E-state index contributed by atoms with van der Waals surface area (Å²) >= 11 is 6.22. The fraction of sp³-hybridized carbons (Fsp3) is 0.360. The van der Waals surface area contributed by atoms with Crippen molar-refractivity contribution in [3.63, 3.8) is 0 Å². The summed E-state index contributed by atoms with van der Waals surface area (Å²) in [5.74, 6) is 1.33. The van der Waals surface area contributed by atoms with Gasteiger partial charge in [-0.05, 0) is 52.9 Å². The standard InChI is InChI=1S/C25H28ClN7O3/c1-35-13-12-33-24(28-29-30-33)23(21-15-17-14-20(36-2)6-7-22(17)27-25(21)34)32-10-8-31(9-11-32)19-5-3-4-18(26)16-19/h3-7,14-16,23H,8-13H2,1-2H3,(H,27,34)/t23-/m0/s1. The van der Waals surface area contributed by atoms with E-state index in [1.165, 1.54) is 0 Å². The zero-order chi connectivity index (χ0) is 25.1. The highest BCUT2D eigenvalue weighted by molar-refractivity contribution is 6.30. The molecule has 1 aliphatic heterocycles. The number of piperazine rings is 1. The summed E-state index contributed by atoms with van der Waals surface area (Å²) in [4.78, 5) is 21.0. The van der Waals surface area contributed by atoms with Crippen molar-refractivity contribution in [1.29, 1.82) is 0 Å². The van der Waals surface area contributed by atoms with Crippen molar-refractivity contribution in [3.05, 3.63) is 75.3 Å². The van der Waals surface area contributed by atoms with Crippen molar-refractivity contribution in [3.8, 4) is 5.75 Å². The van der Waals surface area contributed by atoms with Crippen molar-refractivity contribution in [1.82, 2.24) is 30.1 Å². The number of rotatable bonds is 8. The molecule has 0 radical (unpaired) electrons. The molecule has 11 heteroatoms. The average molecular weight is 510 g/mol. The van der Waals surface area contributed by atoms with Crippen molar-refractivity contribution >= 4 is 28.2 Å². The van der Waals surface area contributed by atoms with E-state index >= 15 is 0 Å². The van der Waals surface area contributed by atoms with Gasteiger partial charge in [0, 0.05) is 60.5 Å². The third kappa shape index (κ3) is 4.92. The van der Waals surface area contributed by atoms with Crippen LogP contribution in [-0.2, 0) is 11.3 Å². The number of methoxy groups -OCH3 is 2. The van der Waals surface area contributed by atoms with E-state index in [2.05, 4.69) is 36.4 Å². The smallest absolute Gasteiger partial charge is 0.253 e. The van der Waals surface area contributed by atoms with Crippen LogP contribution in [0.5, 0.6) is 5.75 Å². The Bertz CT molecular complexity index is 1400. The largest absolute Gasteiger partial charge is 0.497 e. The van der Waals surface area contributed by atoms with Crippen LogP contribution in [0.3, 0.4) is 0 Å². The van der Waals surface area contributed by atoms with Crippen LogP contribution in [0.1, 0.15) is 17.4 Å². The van der Waals surface area contributed by atoms with Crippen molar-refractivity contribution in [2.75, 3.05) is 51.9 Å². The van der Waals surface area contributed by atoms with Gasteiger partial charge < -0.3 is 19.4 Å². The van der Waals surface area contributed by atoms with E-state index in [1.54, 1.807) is 18.9 Å². The van der Waals surface area contributed by atoms with Crippen LogP contribution < -0.4 is 15.2 Å². The van der Waals surface area contributed by atoms with Crippen LogP contribution in [0.25, 0.3) is 10.9 Å². The average Bonchev–Trinajstić information content (AvgIpc) is 3.36. The molecule has 36 heavy (non-hydrogen) atoms. The lowest BCUT2D eigenvalue weighted by atomic mass is 10.0. The van der Waals surface area contributed by atoms with Gasteiger partial charge in [-0.15, -0.1) is 5.10 Å². The minimum Gasteiger partial charge on any atom is -0.497 e. The molecule has 0 aliphatic carbocycles. The third-order valence-electron chi connectivity index (χ3n) is 6.54. The van der Waals surface area contributed by atoms with Crippen molar-refractivity contribution in [2.45, 2.75) is 12.6 Å². The van der Waals surface area contributed by atoms with Gasteiger partial charge in [-0.25, -0.2) is 4.68 Å². The summed E-state index contributed by atoms with van der Waals surface area (Å²) < 4.78 is 12.4. The molecule has 0 bridgehead atoms. The number of nitrogens with zero attached hydrogens (tertiary/aromatic N) is 6. The zero-order valence-electron chi connectivity index (χ0n) is 20.2. The highest BCUT2D eigenvalue weighted by atomic mass is 35.5. The molecule has 1 aliphatic rings. The maximum absolute atomic E-state index is 13.4. The highest BCUT2D eigenvalue weighted by Crippen LogP contribution is 2.30. The minimum atomic E-state index is -0.433. The summed E-state index contributed by atoms with van der Waals surface area (Å²) in [6.07, 6.45) is 0. The van der Waals surface area contributed by atoms with Crippen molar-refractivity contribution < 1.29 is 9.47 Å². The van der Waals surface area contributed by atoms with E-state index in [0.717, 1.165) is 35.4 Å². The molecule has 3 heterocycles. The SMILES string of the molecule is COCCn1nnnc1[C@H](c1cc2cc(OC)ccc2[nH]c1=O)N1CCN(c2cccc(Cl)c2)CC1. The van der Waals surface area contributed by atoms with Crippen LogP contribution in [-0.4, -0.2) is 77.1 Å². The maximum Gasteiger partial charge on any atom is 0.253 e. The number of H-pyrrole nitrogens is 1. The van der Waals surface area contributed by atoms with E-state index < -0.39 is 6.04 Å². The monoisotopic (exact) mass is 509 g/mol. The number of hydrogen-bond acceptors (Lipinski definition) is 8. The van der Waals surface area contributed by atoms with Crippen LogP contribution in [0.2, 0.25) is 5.02 Å². The molecule has 2 aromatic heterocycles. The Morgan fingerprint density at radius 1 is 1.08 bits per heavy atom. The van der Waals surface area contributed by atoms with Gasteiger partial charge >= 0.3 is 0 Å².